The van der Waals surface area contributed by atoms with E-state index >= 15 is 0 Å². The predicted octanol–water partition coefficient (Wildman–Crippen LogP) is 4.10. The molecule has 30 heavy (non-hydrogen) atoms. The van der Waals surface area contributed by atoms with E-state index in [4.69, 9.17) is 11.6 Å². The lowest BCUT2D eigenvalue weighted by atomic mass is 10.1. The molecular weight excluding hydrogens is 402 g/mol. The maximum Gasteiger partial charge on any atom is 0.353 e. The largest absolute Gasteiger partial charge is 0.353 e. The molecule has 0 fully saturated rings. The molecule has 2 aromatic heterocycles. The van der Waals surface area contributed by atoms with Crippen LogP contribution in [-0.4, -0.2) is 24.9 Å². The molecule has 0 radical (unpaired) electrons. The lowest BCUT2D eigenvalue weighted by molar-refractivity contribution is 0.0966. The number of carbonyl (C=O) groups excluding carboxylic acids is 1. The fourth-order valence-corrected chi connectivity index (χ4v) is 3.28. The van der Waals surface area contributed by atoms with Crippen molar-refractivity contribution in [2.24, 2.45) is 0 Å². The Hall–Kier alpha value is -3.45. The van der Waals surface area contributed by atoms with Crippen LogP contribution in [0.1, 0.15) is 27.2 Å². The quantitative estimate of drug-likeness (QED) is 0.491. The van der Waals surface area contributed by atoms with Crippen LogP contribution in [0.3, 0.4) is 0 Å². The van der Waals surface area contributed by atoms with Crippen molar-refractivity contribution in [1.82, 2.24) is 19.2 Å². The number of rotatable bonds is 5. The third kappa shape index (κ3) is 3.84. The van der Waals surface area contributed by atoms with E-state index < -0.39 is 5.69 Å². The van der Waals surface area contributed by atoms with E-state index in [0.29, 0.717) is 27.9 Å². The highest BCUT2D eigenvalue weighted by Crippen LogP contribution is 2.19. The van der Waals surface area contributed by atoms with Crippen molar-refractivity contribution in [1.29, 1.82) is 0 Å². The maximum absolute atomic E-state index is 13.0. The molecule has 0 aliphatic rings. The Morgan fingerprint density at radius 3 is 2.47 bits per heavy atom. The van der Waals surface area contributed by atoms with Gasteiger partial charge in [0.25, 0.3) is 0 Å². The number of ketones is 1. The number of benzene rings is 2. The Balaban J connectivity index is 1.71. The van der Waals surface area contributed by atoms with E-state index in [9.17, 15) is 9.59 Å². The first-order chi connectivity index (χ1) is 14.3. The van der Waals surface area contributed by atoms with Gasteiger partial charge in [0.1, 0.15) is 6.54 Å². The third-order valence-electron chi connectivity index (χ3n) is 4.92. The number of nitrogens with one attached hydrogen (secondary N) is 1. The van der Waals surface area contributed by atoms with Crippen LogP contribution in [0.2, 0.25) is 5.02 Å². The summed E-state index contributed by atoms with van der Waals surface area (Å²) in [4.78, 5) is 30.1. The Kier molecular flexibility index (Phi) is 5.13. The summed E-state index contributed by atoms with van der Waals surface area (Å²) >= 11 is 5.88. The summed E-state index contributed by atoms with van der Waals surface area (Å²) in [7, 11) is 0. The summed E-state index contributed by atoms with van der Waals surface area (Å²) in [6.45, 7) is 5.71. The van der Waals surface area contributed by atoms with E-state index in [1.807, 2.05) is 39.0 Å². The summed E-state index contributed by atoms with van der Waals surface area (Å²) in [6.07, 6.45) is 0. The van der Waals surface area contributed by atoms with Crippen LogP contribution in [0.15, 0.2) is 53.3 Å². The zero-order valence-corrected chi connectivity index (χ0v) is 17.6. The van der Waals surface area contributed by atoms with Gasteiger partial charge in [-0.1, -0.05) is 17.7 Å². The second-order valence-corrected chi connectivity index (χ2v) is 7.65. The van der Waals surface area contributed by atoms with Crippen LogP contribution in [0.4, 0.5) is 11.6 Å². The molecule has 152 valence electrons. The smallest absolute Gasteiger partial charge is 0.325 e. The zero-order chi connectivity index (χ0) is 21.4. The second-order valence-electron chi connectivity index (χ2n) is 7.21. The number of nitrogens with zero attached hydrogens (tertiary/aromatic N) is 4. The minimum atomic E-state index is -0.439. The number of hydrogen-bond donors (Lipinski definition) is 1. The topological polar surface area (TPSA) is 81.3 Å². The van der Waals surface area contributed by atoms with Crippen LogP contribution in [0.25, 0.3) is 5.65 Å². The molecule has 2 heterocycles. The lowest BCUT2D eigenvalue weighted by Crippen LogP contribution is -2.26. The standard InChI is InChI=1S/C22H20ClN5O2/c1-13-4-9-18(10-14(13)2)25-21-24-15(3)11-20-26-27(22(30)28(20)21)12-19(29)16-5-7-17(23)8-6-16/h4-11H,12H2,1-3H3,(H,24,25). The molecule has 0 spiro atoms. The number of anilines is 2. The third-order valence-corrected chi connectivity index (χ3v) is 5.17. The van der Waals surface area contributed by atoms with Crippen molar-refractivity contribution in [2.75, 3.05) is 5.32 Å². The maximum atomic E-state index is 13.0. The number of Topliss-reactive ketones (excluding diaryl/α,β-unsaturated/α-hetero) is 1. The molecule has 0 saturated heterocycles. The molecule has 0 saturated carbocycles. The first kappa shape index (κ1) is 19.8. The Bertz CT molecular complexity index is 1320. The Morgan fingerprint density at radius 2 is 1.77 bits per heavy atom. The SMILES string of the molecule is Cc1cc2nn(CC(=O)c3ccc(Cl)cc3)c(=O)n2c(Nc2ccc(C)c(C)c2)n1. The Morgan fingerprint density at radius 1 is 1.03 bits per heavy atom. The fraction of sp³-hybridized carbons (Fsp3) is 0.182. The molecule has 1 N–H and O–H groups in total. The molecule has 8 heteroatoms. The van der Waals surface area contributed by atoms with Gasteiger partial charge < -0.3 is 5.32 Å². The first-order valence-corrected chi connectivity index (χ1v) is 9.80. The van der Waals surface area contributed by atoms with E-state index in [1.165, 1.54) is 9.96 Å². The van der Waals surface area contributed by atoms with Crippen LogP contribution >= 0.6 is 11.6 Å². The van der Waals surface area contributed by atoms with Gasteiger partial charge in [-0.25, -0.2) is 18.9 Å². The lowest BCUT2D eigenvalue weighted by Gasteiger charge is -2.09. The van der Waals surface area contributed by atoms with Crippen LogP contribution < -0.4 is 11.0 Å². The highest BCUT2D eigenvalue weighted by atomic mass is 35.5. The van der Waals surface area contributed by atoms with Gasteiger partial charge in [0.2, 0.25) is 5.95 Å². The summed E-state index contributed by atoms with van der Waals surface area (Å²) in [5.74, 6) is 0.119. The van der Waals surface area contributed by atoms with Crippen LogP contribution in [-0.2, 0) is 6.54 Å². The van der Waals surface area contributed by atoms with Gasteiger partial charge in [-0.15, -0.1) is 5.10 Å². The number of fused-ring (bicyclic) bond motifs is 1. The second kappa shape index (κ2) is 7.76. The summed E-state index contributed by atoms with van der Waals surface area (Å²) < 4.78 is 2.52. The van der Waals surface area contributed by atoms with E-state index in [1.54, 1.807) is 30.3 Å². The average molecular weight is 422 g/mol. The molecule has 0 bridgehead atoms. The van der Waals surface area contributed by atoms with Gasteiger partial charge in [0.15, 0.2) is 11.4 Å². The Labute approximate surface area is 178 Å². The predicted molar refractivity (Wildman–Crippen MR) is 117 cm³/mol. The molecule has 4 rings (SSSR count). The summed E-state index contributed by atoms with van der Waals surface area (Å²) in [5, 5.41) is 8.07. The van der Waals surface area contributed by atoms with Gasteiger partial charge >= 0.3 is 5.69 Å². The molecule has 0 aliphatic heterocycles. The molecule has 0 amide bonds. The van der Waals surface area contributed by atoms with Gasteiger partial charge in [-0.2, -0.15) is 0 Å². The number of hydrogen-bond acceptors (Lipinski definition) is 5. The van der Waals surface area contributed by atoms with Gasteiger partial charge in [0.05, 0.1) is 0 Å². The molecule has 7 nitrogen and oxygen atoms in total. The molecule has 0 unspecified atom stereocenters. The molecule has 0 atom stereocenters. The molecule has 4 aromatic rings. The zero-order valence-electron chi connectivity index (χ0n) is 16.8. The molecule has 2 aromatic carbocycles. The van der Waals surface area contributed by atoms with Crippen LogP contribution in [0, 0.1) is 20.8 Å². The average Bonchev–Trinajstić information content (AvgIpc) is 3.00. The number of aryl methyl sites for hydroxylation is 3. The van der Waals surface area contributed by atoms with E-state index in [2.05, 4.69) is 15.4 Å². The van der Waals surface area contributed by atoms with E-state index in [0.717, 1.165) is 15.9 Å². The van der Waals surface area contributed by atoms with Crippen molar-refractivity contribution < 1.29 is 4.79 Å². The minimum Gasteiger partial charge on any atom is -0.325 e. The van der Waals surface area contributed by atoms with Crippen molar-refractivity contribution >= 4 is 34.7 Å². The van der Waals surface area contributed by atoms with Crippen molar-refractivity contribution in [3.63, 3.8) is 0 Å². The minimum absolute atomic E-state index is 0.176. The molecule has 0 aliphatic carbocycles. The summed E-state index contributed by atoms with van der Waals surface area (Å²) in [5.41, 5.74) is 4.26. The number of halogens is 1. The highest BCUT2D eigenvalue weighted by Gasteiger charge is 2.16. The molecular formula is C22H20ClN5O2. The number of carbonyl (C=O) groups is 1. The van der Waals surface area contributed by atoms with Gasteiger partial charge in [-0.3, -0.25) is 4.79 Å². The number of aromatic nitrogens is 4. The fourth-order valence-electron chi connectivity index (χ4n) is 3.15. The van der Waals surface area contributed by atoms with Crippen molar-refractivity contribution in [3.05, 3.63) is 86.4 Å². The van der Waals surface area contributed by atoms with Crippen molar-refractivity contribution in [2.45, 2.75) is 27.3 Å². The van der Waals surface area contributed by atoms with Gasteiger partial charge in [0, 0.05) is 28.0 Å². The van der Waals surface area contributed by atoms with Gasteiger partial charge in [-0.05, 0) is 68.3 Å². The summed E-state index contributed by atoms with van der Waals surface area (Å²) in [6, 6.07) is 14.2. The first-order valence-electron chi connectivity index (χ1n) is 9.42. The van der Waals surface area contributed by atoms with Crippen molar-refractivity contribution in [3.8, 4) is 0 Å². The normalized spacial score (nSPS) is 11.1. The van der Waals surface area contributed by atoms with Crippen LogP contribution in [0.5, 0.6) is 0 Å². The highest BCUT2D eigenvalue weighted by molar-refractivity contribution is 6.30. The van der Waals surface area contributed by atoms with E-state index in [-0.39, 0.29) is 12.3 Å². The monoisotopic (exact) mass is 421 g/mol.